The Morgan fingerprint density at radius 1 is 1.00 bits per heavy atom. The van der Waals surface area contributed by atoms with Crippen LogP contribution >= 0.6 is 11.3 Å². The van der Waals surface area contributed by atoms with E-state index in [2.05, 4.69) is 54.7 Å². The zero-order chi connectivity index (χ0) is 11.0. The molecule has 16 heavy (non-hydrogen) atoms. The molecule has 80 valence electrons. The Kier molecular flexibility index (Phi) is 2.29. The van der Waals surface area contributed by atoms with Gasteiger partial charge in [0.2, 0.25) is 0 Å². The second kappa shape index (κ2) is 3.80. The van der Waals surface area contributed by atoms with Gasteiger partial charge in [-0.3, -0.25) is 0 Å². The summed E-state index contributed by atoms with van der Waals surface area (Å²) in [6.45, 7) is 3.09. The molecule has 0 unspecified atom stereocenters. The molecule has 0 spiro atoms. The van der Waals surface area contributed by atoms with Gasteiger partial charge in [-0.05, 0) is 25.1 Å². The molecule has 0 aliphatic carbocycles. The van der Waals surface area contributed by atoms with Gasteiger partial charge in [0.05, 0.1) is 0 Å². The summed E-state index contributed by atoms with van der Waals surface area (Å²) in [5, 5.41) is 6.08. The Morgan fingerprint density at radius 3 is 2.69 bits per heavy atom. The van der Waals surface area contributed by atoms with Crippen molar-refractivity contribution >= 4 is 37.2 Å². The SMILES string of the molecule is CCNc1ccc2c(c1)sc1ccccc12. The molecule has 0 fully saturated rings. The fraction of sp³-hybridized carbons (Fsp3) is 0.143. The molecule has 0 bridgehead atoms. The van der Waals surface area contributed by atoms with E-state index in [-0.39, 0.29) is 0 Å². The van der Waals surface area contributed by atoms with E-state index in [9.17, 15) is 0 Å². The van der Waals surface area contributed by atoms with Gasteiger partial charge in [0.1, 0.15) is 0 Å². The van der Waals surface area contributed by atoms with Crippen molar-refractivity contribution in [2.24, 2.45) is 0 Å². The number of hydrogen-bond acceptors (Lipinski definition) is 2. The van der Waals surface area contributed by atoms with Gasteiger partial charge in [-0.25, -0.2) is 0 Å². The van der Waals surface area contributed by atoms with Crippen LogP contribution in [0.15, 0.2) is 42.5 Å². The van der Waals surface area contributed by atoms with Crippen LogP contribution in [-0.4, -0.2) is 6.54 Å². The van der Waals surface area contributed by atoms with Crippen molar-refractivity contribution in [3.05, 3.63) is 42.5 Å². The average Bonchev–Trinajstić information content (AvgIpc) is 2.67. The number of rotatable bonds is 2. The zero-order valence-corrected chi connectivity index (χ0v) is 9.97. The van der Waals surface area contributed by atoms with Gasteiger partial charge in [-0.2, -0.15) is 0 Å². The molecule has 0 radical (unpaired) electrons. The van der Waals surface area contributed by atoms with E-state index in [0.717, 1.165) is 6.54 Å². The third-order valence-corrected chi connectivity index (χ3v) is 3.89. The topological polar surface area (TPSA) is 12.0 Å². The highest BCUT2D eigenvalue weighted by atomic mass is 32.1. The van der Waals surface area contributed by atoms with Crippen LogP contribution in [0.4, 0.5) is 5.69 Å². The first-order valence-corrected chi connectivity index (χ1v) is 6.35. The molecule has 2 heteroatoms. The highest BCUT2D eigenvalue weighted by Crippen LogP contribution is 2.34. The predicted octanol–water partition coefficient (Wildman–Crippen LogP) is 4.49. The number of nitrogens with one attached hydrogen (secondary N) is 1. The molecule has 0 amide bonds. The summed E-state index contributed by atoms with van der Waals surface area (Å²) in [6, 6.07) is 15.2. The minimum Gasteiger partial charge on any atom is -0.385 e. The standard InChI is InChI=1S/C14H13NS/c1-2-15-10-7-8-12-11-5-3-4-6-13(11)16-14(12)9-10/h3-9,15H,2H2,1H3. The van der Waals surface area contributed by atoms with E-state index in [1.54, 1.807) is 0 Å². The first-order valence-electron chi connectivity index (χ1n) is 5.53. The maximum atomic E-state index is 3.35. The highest BCUT2D eigenvalue weighted by Gasteiger charge is 2.04. The molecule has 0 saturated heterocycles. The van der Waals surface area contributed by atoms with Crippen molar-refractivity contribution in [3.63, 3.8) is 0 Å². The fourth-order valence-corrected chi connectivity index (χ4v) is 3.19. The first kappa shape index (κ1) is 9.67. The smallest absolute Gasteiger partial charge is 0.0375 e. The Bertz CT molecular complexity index is 639. The van der Waals surface area contributed by atoms with Crippen LogP contribution < -0.4 is 5.32 Å². The Balaban J connectivity index is 2.28. The molecular weight excluding hydrogens is 214 g/mol. The first-order chi connectivity index (χ1) is 7.88. The summed E-state index contributed by atoms with van der Waals surface area (Å²) in [5.74, 6) is 0. The summed E-state index contributed by atoms with van der Waals surface area (Å²) in [4.78, 5) is 0. The molecule has 0 aliphatic rings. The minimum atomic E-state index is 0.969. The van der Waals surface area contributed by atoms with E-state index in [1.807, 2.05) is 11.3 Å². The molecule has 2 aromatic carbocycles. The Labute approximate surface area is 98.7 Å². The van der Waals surface area contributed by atoms with Gasteiger partial charge in [0, 0.05) is 32.4 Å². The van der Waals surface area contributed by atoms with Gasteiger partial charge >= 0.3 is 0 Å². The molecule has 1 aromatic heterocycles. The maximum absolute atomic E-state index is 3.35. The molecule has 0 atom stereocenters. The zero-order valence-electron chi connectivity index (χ0n) is 9.16. The fourth-order valence-electron chi connectivity index (χ4n) is 2.04. The van der Waals surface area contributed by atoms with E-state index in [4.69, 9.17) is 0 Å². The summed E-state index contributed by atoms with van der Waals surface area (Å²) >= 11 is 1.86. The second-order valence-electron chi connectivity index (χ2n) is 3.84. The van der Waals surface area contributed by atoms with Crippen molar-refractivity contribution in [2.45, 2.75) is 6.92 Å². The monoisotopic (exact) mass is 227 g/mol. The molecular formula is C14H13NS. The maximum Gasteiger partial charge on any atom is 0.0375 e. The summed E-state index contributed by atoms with van der Waals surface area (Å²) in [7, 11) is 0. The molecule has 3 aromatic rings. The number of anilines is 1. The van der Waals surface area contributed by atoms with Gasteiger partial charge in [-0.1, -0.05) is 24.3 Å². The van der Waals surface area contributed by atoms with Crippen LogP contribution in [0.2, 0.25) is 0 Å². The molecule has 3 rings (SSSR count). The summed E-state index contributed by atoms with van der Waals surface area (Å²) in [6.07, 6.45) is 0. The lowest BCUT2D eigenvalue weighted by atomic mass is 10.1. The lowest BCUT2D eigenvalue weighted by Crippen LogP contribution is -1.94. The predicted molar refractivity (Wildman–Crippen MR) is 73.5 cm³/mol. The van der Waals surface area contributed by atoms with Gasteiger partial charge in [0.15, 0.2) is 0 Å². The molecule has 1 heterocycles. The van der Waals surface area contributed by atoms with E-state index >= 15 is 0 Å². The molecule has 1 N–H and O–H groups in total. The Hall–Kier alpha value is -1.54. The van der Waals surface area contributed by atoms with Crippen molar-refractivity contribution in [3.8, 4) is 0 Å². The lowest BCUT2D eigenvalue weighted by molar-refractivity contribution is 1.22. The van der Waals surface area contributed by atoms with Crippen LogP contribution in [0.25, 0.3) is 20.2 Å². The Morgan fingerprint density at radius 2 is 1.81 bits per heavy atom. The van der Waals surface area contributed by atoms with Crippen LogP contribution in [0.5, 0.6) is 0 Å². The normalized spacial score (nSPS) is 11.1. The number of hydrogen-bond donors (Lipinski definition) is 1. The number of benzene rings is 2. The number of fused-ring (bicyclic) bond motifs is 3. The average molecular weight is 227 g/mol. The molecule has 1 nitrogen and oxygen atoms in total. The number of thiophene rings is 1. The summed E-state index contributed by atoms with van der Waals surface area (Å²) < 4.78 is 2.73. The van der Waals surface area contributed by atoms with Gasteiger partial charge < -0.3 is 5.32 Å². The van der Waals surface area contributed by atoms with E-state index < -0.39 is 0 Å². The van der Waals surface area contributed by atoms with E-state index in [1.165, 1.54) is 25.9 Å². The third-order valence-electron chi connectivity index (χ3n) is 2.76. The summed E-state index contributed by atoms with van der Waals surface area (Å²) in [5.41, 5.74) is 1.21. The lowest BCUT2D eigenvalue weighted by Gasteiger charge is -2.01. The van der Waals surface area contributed by atoms with Crippen LogP contribution in [0, 0.1) is 0 Å². The molecule has 0 saturated carbocycles. The van der Waals surface area contributed by atoms with E-state index in [0.29, 0.717) is 0 Å². The van der Waals surface area contributed by atoms with Gasteiger partial charge in [0.25, 0.3) is 0 Å². The van der Waals surface area contributed by atoms with Crippen molar-refractivity contribution in [1.82, 2.24) is 0 Å². The second-order valence-corrected chi connectivity index (χ2v) is 4.92. The van der Waals surface area contributed by atoms with Crippen molar-refractivity contribution in [1.29, 1.82) is 0 Å². The quantitative estimate of drug-likeness (QED) is 0.680. The third kappa shape index (κ3) is 1.46. The van der Waals surface area contributed by atoms with Crippen molar-refractivity contribution in [2.75, 3.05) is 11.9 Å². The van der Waals surface area contributed by atoms with Gasteiger partial charge in [-0.15, -0.1) is 11.3 Å². The highest BCUT2D eigenvalue weighted by molar-refractivity contribution is 7.25. The van der Waals surface area contributed by atoms with Crippen LogP contribution in [0.1, 0.15) is 6.92 Å². The van der Waals surface area contributed by atoms with Crippen LogP contribution in [-0.2, 0) is 0 Å². The van der Waals surface area contributed by atoms with Crippen molar-refractivity contribution < 1.29 is 0 Å². The molecule has 0 aliphatic heterocycles. The largest absolute Gasteiger partial charge is 0.385 e. The van der Waals surface area contributed by atoms with Crippen LogP contribution in [0.3, 0.4) is 0 Å². The minimum absolute atomic E-state index is 0.969.